The van der Waals surface area contributed by atoms with Crippen molar-refractivity contribution in [3.05, 3.63) is 35.4 Å². The second kappa shape index (κ2) is 7.32. The summed E-state index contributed by atoms with van der Waals surface area (Å²) < 4.78 is -8.97. The highest BCUT2D eigenvalue weighted by Gasteiger charge is 2.70. The first-order valence-electron chi connectivity index (χ1n) is 6.71. The standard InChI is InChI=1S/C14H11Cl9O/c15-11(16,12(17,18)13(19,20)14(21,22)23)9-6-5-7-3-1-2-4-8(7)10(9)24/h1-4,9-10,24H,5-6H2. The van der Waals surface area contributed by atoms with Crippen molar-refractivity contribution in [1.29, 1.82) is 0 Å². The molecule has 2 atom stereocenters. The third kappa shape index (κ3) is 3.58. The number of rotatable bonds is 3. The Balaban J connectivity index is 2.44. The molecule has 136 valence electrons. The number of alkyl halides is 9. The molecule has 0 radical (unpaired) electrons. The lowest BCUT2D eigenvalue weighted by Crippen LogP contribution is -2.59. The fourth-order valence-corrected chi connectivity index (χ4v) is 5.25. The van der Waals surface area contributed by atoms with Crippen molar-refractivity contribution in [2.45, 2.75) is 35.7 Å². The highest BCUT2D eigenvalue weighted by molar-refractivity contribution is 6.80. The Labute approximate surface area is 185 Å². The van der Waals surface area contributed by atoms with Gasteiger partial charge in [0.1, 0.15) is 0 Å². The molecule has 0 bridgehead atoms. The Kier molecular flexibility index (Phi) is 6.73. The van der Waals surface area contributed by atoms with E-state index in [2.05, 4.69) is 0 Å². The molecule has 0 aromatic heterocycles. The zero-order chi connectivity index (χ0) is 18.6. The lowest BCUT2D eigenvalue weighted by Gasteiger charge is -2.49. The summed E-state index contributed by atoms with van der Waals surface area (Å²) in [5, 5.41) is 10.7. The van der Waals surface area contributed by atoms with E-state index in [0.717, 1.165) is 5.56 Å². The average Bonchev–Trinajstić information content (AvgIpc) is 2.46. The van der Waals surface area contributed by atoms with Gasteiger partial charge in [0, 0.05) is 5.92 Å². The van der Waals surface area contributed by atoms with Gasteiger partial charge in [-0.2, -0.15) is 0 Å². The van der Waals surface area contributed by atoms with E-state index >= 15 is 0 Å². The molecule has 0 fully saturated rings. The smallest absolute Gasteiger partial charge is 0.226 e. The molecule has 1 nitrogen and oxygen atoms in total. The molecule has 10 heteroatoms. The Morgan fingerprint density at radius 2 is 1.38 bits per heavy atom. The van der Waals surface area contributed by atoms with Crippen LogP contribution in [0.5, 0.6) is 0 Å². The Morgan fingerprint density at radius 3 is 1.92 bits per heavy atom. The van der Waals surface area contributed by atoms with Gasteiger partial charge in [-0.1, -0.05) is 129 Å². The lowest BCUT2D eigenvalue weighted by atomic mass is 9.78. The highest BCUT2D eigenvalue weighted by atomic mass is 35.6. The molecule has 0 saturated heterocycles. The molecule has 1 aromatic carbocycles. The Bertz CT molecular complexity index is 609. The SMILES string of the molecule is OC1c2ccccc2CCC1C(Cl)(Cl)C(Cl)(Cl)C(Cl)(Cl)C(Cl)(Cl)Cl. The van der Waals surface area contributed by atoms with Crippen LogP contribution in [-0.2, 0) is 6.42 Å². The van der Waals surface area contributed by atoms with E-state index in [1.165, 1.54) is 0 Å². The summed E-state index contributed by atoms with van der Waals surface area (Å²) in [6.45, 7) is 0. The molecule has 0 spiro atoms. The number of hydrogen-bond donors (Lipinski definition) is 1. The first-order valence-corrected chi connectivity index (χ1v) is 10.1. The molecule has 1 aliphatic rings. The van der Waals surface area contributed by atoms with Gasteiger partial charge in [0.05, 0.1) is 6.10 Å². The van der Waals surface area contributed by atoms with Gasteiger partial charge < -0.3 is 5.11 Å². The van der Waals surface area contributed by atoms with Crippen LogP contribution >= 0.6 is 104 Å². The summed E-state index contributed by atoms with van der Waals surface area (Å²) in [5.74, 6) is -0.796. The third-order valence-electron chi connectivity index (χ3n) is 4.11. The number of benzene rings is 1. The van der Waals surface area contributed by atoms with Crippen molar-refractivity contribution in [3.63, 3.8) is 0 Å². The quantitative estimate of drug-likeness (QED) is 0.424. The summed E-state index contributed by atoms with van der Waals surface area (Å²) in [4.78, 5) is 0. The molecular formula is C14H11Cl9O. The van der Waals surface area contributed by atoms with Crippen molar-refractivity contribution in [1.82, 2.24) is 0 Å². The van der Waals surface area contributed by atoms with Crippen LogP contribution in [0.25, 0.3) is 0 Å². The van der Waals surface area contributed by atoms with Crippen LogP contribution in [0.4, 0.5) is 0 Å². The number of aliphatic hydroxyl groups excluding tert-OH is 1. The van der Waals surface area contributed by atoms with Crippen LogP contribution < -0.4 is 0 Å². The second-order valence-corrected chi connectivity index (χ2v) is 11.9. The maximum Gasteiger partial charge on any atom is 0.226 e. The first-order chi connectivity index (χ1) is 10.7. The van der Waals surface area contributed by atoms with Crippen molar-refractivity contribution in [2.75, 3.05) is 0 Å². The summed E-state index contributed by atoms with van der Waals surface area (Å²) >= 11 is 55.1. The summed E-state index contributed by atoms with van der Waals surface area (Å²) in [7, 11) is 0. The van der Waals surface area contributed by atoms with E-state index in [9.17, 15) is 5.11 Å². The van der Waals surface area contributed by atoms with Gasteiger partial charge in [-0.15, -0.1) is 0 Å². The van der Waals surface area contributed by atoms with E-state index in [-0.39, 0.29) is 0 Å². The molecule has 1 aliphatic carbocycles. The number of halogens is 9. The van der Waals surface area contributed by atoms with E-state index in [0.29, 0.717) is 18.4 Å². The monoisotopic (exact) mass is 510 g/mol. The molecule has 1 aromatic rings. The van der Waals surface area contributed by atoms with Crippen molar-refractivity contribution >= 4 is 104 Å². The Morgan fingerprint density at radius 1 is 0.833 bits per heavy atom. The van der Waals surface area contributed by atoms with E-state index in [4.69, 9.17) is 104 Å². The van der Waals surface area contributed by atoms with Gasteiger partial charge in [-0.25, -0.2) is 0 Å². The fraction of sp³-hybridized carbons (Fsp3) is 0.571. The molecule has 2 rings (SSSR count). The summed E-state index contributed by atoms with van der Waals surface area (Å²) in [6.07, 6.45) is -0.0500. The predicted octanol–water partition coefficient (Wildman–Crippen LogP) is 7.17. The minimum absolute atomic E-state index is 0.385. The first kappa shape index (κ1) is 22.1. The lowest BCUT2D eigenvalue weighted by molar-refractivity contribution is 0.0795. The largest absolute Gasteiger partial charge is 0.388 e. The molecule has 0 saturated carbocycles. The molecule has 24 heavy (non-hydrogen) atoms. The topological polar surface area (TPSA) is 20.2 Å². The normalized spacial score (nSPS) is 23.1. The number of aliphatic hydroxyl groups is 1. The minimum Gasteiger partial charge on any atom is -0.388 e. The summed E-state index contributed by atoms with van der Waals surface area (Å²) in [5.41, 5.74) is 1.65. The highest BCUT2D eigenvalue weighted by Crippen LogP contribution is 2.65. The van der Waals surface area contributed by atoms with Gasteiger partial charge >= 0.3 is 0 Å². The zero-order valence-corrected chi connectivity index (χ0v) is 18.5. The molecule has 0 aliphatic heterocycles. The average molecular weight is 514 g/mol. The van der Waals surface area contributed by atoms with E-state index in [1.807, 2.05) is 12.1 Å². The van der Waals surface area contributed by atoms with E-state index in [1.54, 1.807) is 12.1 Å². The van der Waals surface area contributed by atoms with Gasteiger partial charge in [0.25, 0.3) is 0 Å². The van der Waals surface area contributed by atoms with Crippen LogP contribution in [-0.4, -0.2) is 21.9 Å². The van der Waals surface area contributed by atoms with Crippen LogP contribution in [0.2, 0.25) is 0 Å². The Hall–Kier alpha value is 1.79. The van der Waals surface area contributed by atoms with Crippen LogP contribution in [0, 0.1) is 5.92 Å². The fourth-order valence-electron chi connectivity index (χ4n) is 2.74. The van der Waals surface area contributed by atoms with Gasteiger partial charge in [0.2, 0.25) is 3.79 Å². The molecule has 1 N–H and O–H groups in total. The van der Waals surface area contributed by atoms with E-state index < -0.39 is 28.8 Å². The van der Waals surface area contributed by atoms with Crippen molar-refractivity contribution in [2.24, 2.45) is 5.92 Å². The second-order valence-electron chi connectivity index (χ2n) is 5.56. The van der Waals surface area contributed by atoms with Crippen molar-refractivity contribution in [3.8, 4) is 0 Å². The minimum atomic E-state index is -2.35. The predicted molar refractivity (Wildman–Crippen MR) is 107 cm³/mol. The van der Waals surface area contributed by atoms with Gasteiger partial charge in [-0.05, 0) is 24.0 Å². The number of fused-ring (bicyclic) bond motifs is 1. The summed E-state index contributed by atoms with van der Waals surface area (Å²) in [6, 6.07) is 7.34. The van der Waals surface area contributed by atoms with Gasteiger partial charge in [-0.3, -0.25) is 0 Å². The van der Waals surface area contributed by atoms with Crippen LogP contribution in [0.3, 0.4) is 0 Å². The third-order valence-corrected chi connectivity index (χ3v) is 9.74. The van der Waals surface area contributed by atoms with Crippen molar-refractivity contribution < 1.29 is 5.11 Å². The molecular weight excluding hydrogens is 503 g/mol. The molecule has 2 unspecified atom stereocenters. The zero-order valence-electron chi connectivity index (χ0n) is 11.7. The van der Waals surface area contributed by atoms with Crippen LogP contribution in [0.15, 0.2) is 24.3 Å². The number of aryl methyl sites for hydroxylation is 1. The molecule has 0 amide bonds. The van der Waals surface area contributed by atoms with Crippen LogP contribution in [0.1, 0.15) is 23.7 Å². The maximum atomic E-state index is 10.7. The van der Waals surface area contributed by atoms with Gasteiger partial charge in [0.15, 0.2) is 13.0 Å². The maximum absolute atomic E-state index is 10.7. The molecule has 0 heterocycles. The number of hydrogen-bond acceptors (Lipinski definition) is 1.